The van der Waals surface area contributed by atoms with E-state index in [9.17, 15) is 19.3 Å². The summed E-state index contributed by atoms with van der Waals surface area (Å²) in [4.78, 5) is 26.4. The minimum Gasteiger partial charge on any atom is -0.439 e. The van der Waals surface area contributed by atoms with Crippen molar-refractivity contribution in [1.82, 2.24) is 10.3 Å². The third-order valence-corrected chi connectivity index (χ3v) is 4.02. The summed E-state index contributed by atoms with van der Waals surface area (Å²) in [6.45, 7) is 0.0644. The molecule has 1 aromatic heterocycles. The summed E-state index contributed by atoms with van der Waals surface area (Å²) < 4.78 is 18.9. The van der Waals surface area contributed by atoms with E-state index >= 15 is 0 Å². The molecule has 0 aliphatic rings. The molecule has 0 saturated heterocycles. The lowest BCUT2D eigenvalue weighted by Gasteiger charge is -2.12. The first-order valence-electron chi connectivity index (χ1n) is 8.28. The van der Waals surface area contributed by atoms with Gasteiger partial charge in [-0.15, -0.1) is 0 Å². The van der Waals surface area contributed by atoms with Gasteiger partial charge < -0.3 is 15.4 Å². The predicted octanol–water partition coefficient (Wildman–Crippen LogP) is 4.90. The highest BCUT2D eigenvalue weighted by atomic mass is 35.5. The number of ether oxygens (including phenoxy) is 1. The average molecular weight is 417 g/mol. The number of benzene rings is 2. The zero-order chi connectivity index (χ0) is 20.8. The number of hydrogen-bond donors (Lipinski definition) is 2. The SMILES string of the molecule is O=C(NCc1cccnc1Oc1cccc(F)c1)Nc1ccc([N+](=O)[O-])cc1Cl. The van der Waals surface area contributed by atoms with Crippen LogP contribution in [0.15, 0.2) is 60.8 Å². The smallest absolute Gasteiger partial charge is 0.319 e. The van der Waals surface area contributed by atoms with Gasteiger partial charge in [0, 0.05) is 36.5 Å². The Bertz CT molecular complexity index is 1060. The molecule has 10 heteroatoms. The van der Waals surface area contributed by atoms with E-state index in [0.29, 0.717) is 5.56 Å². The highest BCUT2D eigenvalue weighted by Gasteiger charge is 2.13. The molecule has 0 aliphatic carbocycles. The third kappa shape index (κ3) is 5.39. The van der Waals surface area contributed by atoms with Crippen LogP contribution < -0.4 is 15.4 Å². The number of nitrogens with one attached hydrogen (secondary N) is 2. The number of anilines is 1. The maximum absolute atomic E-state index is 13.3. The van der Waals surface area contributed by atoms with Gasteiger partial charge in [-0.2, -0.15) is 0 Å². The standard InChI is InChI=1S/C19H14ClFN4O4/c20-16-10-14(25(27)28)6-7-17(16)24-19(26)23-11-12-3-2-8-22-18(12)29-15-5-1-4-13(21)9-15/h1-10H,11H2,(H2,23,24,26). The van der Waals surface area contributed by atoms with E-state index in [0.717, 1.165) is 6.07 Å². The molecule has 0 aliphatic heterocycles. The Balaban J connectivity index is 1.64. The van der Waals surface area contributed by atoms with Crippen LogP contribution in [-0.2, 0) is 6.54 Å². The molecule has 29 heavy (non-hydrogen) atoms. The average Bonchev–Trinajstić information content (AvgIpc) is 2.69. The monoisotopic (exact) mass is 416 g/mol. The van der Waals surface area contributed by atoms with Gasteiger partial charge in [0.15, 0.2) is 0 Å². The summed E-state index contributed by atoms with van der Waals surface area (Å²) in [6, 6.07) is 12.1. The van der Waals surface area contributed by atoms with Gasteiger partial charge in [0.05, 0.1) is 15.6 Å². The molecule has 0 saturated carbocycles. The number of halogens is 2. The Morgan fingerprint density at radius 1 is 1.21 bits per heavy atom. The number of hydrogen-bond acceptors (Lipinski definition) is 5. The Morgan fingerprint density at radius 3 is 2.76 bits per heavy atom. The molecule has 148 valence electrons. The second-order valence-electron chi connectivity index (χ2n) is 5.76. The maximum atomic E-state index is 13.3. The molecule has 0 bridgehead atoms. The molecule has 0 atom stereocenters. The molecule has 3 rings (SSSR count). The Morgan fingerprint density at radius 2 is 2.03 bits per heavy atom. The largest absolute Gasteiger partial charge is 0.439 e. The van der Waals surface area contributed by atoms with Crippen molar-refractivity contribution in [1.29, 1.82) is 0 Å². The summed E-state index contributed by atoms with van der Waals surface area (Å²) in [5.74, 6) is 0.0382. The van der Waals surface area contributed by atoms with Crippen molar-refractivity contribution >= 4 is 29.0 Å². The van der Waals surface area contributed by atoms with Crippen molar-refractivity contribution in [3.63, 3.8) is 0 Å². The van der Waals surface area contributed by atoms with Crippen LogP contribution in [0.25, 0.3) is 0 Å². The number of non-ortho nitro benzene ring substituents is 1. The fraction of sp³-hybridized carbons (Fsp3) is 0.0526. The quantitative estimate of drug-likeness (QED) is 0.439. The Kier molecular flexibility index (Phi) is 6.20. The zero-order valence-electron chi connectivity index (χ0n) is 14.8. The van der Waals surface area contributed by atoms with Crippen molar-refractivity contribution in [3.8, 4) is 11.6 Å². The van der Waals surface area contributed by atoms with Gasteiger partial charge in [0.2, 0.25) is 5.88 Å². The van der Waals surface area contributed by atoms with Crippen molar-refractivity contribution in [2.75, 3.05) is 5.32 Å². The fourth-order valence-corrected chi connectivity index (χ4v) is 2.58. The van der Waals surface area contributed by atoms with E-state index < -0.39 is 16.8 Å². The highest BCUT2D eigenvalue weighted by molar-refractivity contribution is 6.33. The number of aromatic nitrogens is 1. The van der Waals surface area contributed by atoms with E-state index in [1.807, 2.05) is 0 Å². The lowest BCUT2D eigenvalue weighted by Crippen LogP contribution is -2.28. The molecule has 8 nitrogen and oxygen atoms in total. The number of nitro groups is 1. The minimum atomic E-state index is -0.585. The normalized spacial score (nSPS) is 10.3. The number of nitro benzene ring substituents is 1. The molecule has 2 aromatic carbocycles. The number of rotatable bonds is 6. The van der Waals surface area contributed by atoms with E-state index in [1.165, 1.54) is 36.5 Å². The van der Waals surface area contributed by atoms with Crippen molar-refractivity contribution in [2.24, 2.45) is 0 Å². The number of nitrogens with zero attached hydrogens (tertiary/aromatic N) is 2. The van der Waals surface area contributed by atoms with Crippen LogP contribution in [0, 0.1) is 15.9 Å². The number of carbonyl (C=O) groups is 1. The lowest BCUT2D eigenvalue weighted by atomic mass is 10.2. The molecule has 3 aromatic rings. The van der Waals surface area contributed by atoms with Gasteiger partial charge in [-0.05, 0) is 24.3 Å². The predicted molar refractivity (Wildman–Crippen MR) is 105 cm³/mol. The van der Waals surface area contributed by atoms with Crippen LogP contribution in [0.2, 0.25) is 5.02 Å². The number of amides is 2. The molecule has 0 unspecified atom stereocenters. The van der Waals surface area contributed by atoms with Crippen molar-refractivity contribution in [3.05, 3.63) is 87.3 Å². The molecule has 2 N–H and O–H groups in total. The van der Waals surface area contributed by atoms with Crippen LogP contribution in [-0.4, -0.2) is 15.9 Å². The number of carbonyl (C=O) groups excluding carboxylic acids is 1. The summed E-state index contributed by atoms with van der Waals surface area (Å²) in [5.41, 5.74) is 0.592. The number of urea groups is 1. The first kappa shape index (κ1) is 20.0. The van der Waals surface area contributed by atoms with Gasteiger partial charge in [-0.25, -0.2) is 14.2 Å². The minimum absolute atomic E-state index is 0.0332. The van der Waals surface area contributed by atoms with E-state index in [2.05, 4.69) is 15.6 Å². The van der Waals surface area contributed by atoms with Crippen LogP contribution in [0.1, 0.15) is 5.56 Å². The van der Waals surface area contributed by atoms with Gasteiger partial charge >= 0.3 is 6.03 Å². The van der Waals surface area contributed by atoms with Crippen molar-refractivity contribution in [2.45, 2.75) is 6.54 Å². The highest BCUT2D eigenvalue weighted by Crippen LogP contribution is 2.27. The molecular weight excluding hydrogens is 403 g/mol. The van der Waals surface area contributed by atoms with Crippen LogP contribution in [0.3, 0.4) is 0 Å². The van der Waals surface area contributed by atoms with Crippen molar-refractivity contribution < 1.29 is 18.8 Å². The summed E-state index contributed by atoms with van der Waals surface area (Å²) in [5, 5.41) is 15.9. The number of pyridine rings is 1. The van der Waals surface area contributed by atoms with E-state index in [-0.39, 0.29) is 34.6 Å². The van der Waals surface area contributed by atoms with Gasteiger partial charge in [-0.3, -0.25) is 10.1 Å². The fourth-order valence-electron chi connectivity index (χ4n) is 2.35. The Labute approximate surface area is 169 Å². The van der Waals surface area contributed by atoms with Crippen LogP contribution >= 0.6 is 11.6 Å². The topological polar surface area (TPSA) is 106 Å². The molecule has 1 heterocycles. The first-order chi connectivity index (χ1) is 13.9. The van der Waals surface area contributed by atoms with Crippen LogP contribution in [0.4, 0.5) is 20.6 Å². The van der Waals surface area contributed by atoms with Gasteiger partial charge in [-0.1, -0.05) is 23.7 Å². The Hall–Kier alpha value is -3.72. The maximum Gasteiger partial charge on any atom is 0.319 e. The molecule has 0 spiro atoms. The van der Waals surface area contributed by atoms with Crippen LogP contribution in [0.5, 0.6) is 11.6 Å². The summed E-state index contributed by atoms with van der Waals surface area (Å²) >= 11 is 5.96. The second kappa shape index (κ2) is 8.98. The molecular formula is C19H14ClFN4O4. The third-order valence-electron chi connectivity index (χ3n) is 3.71. The van der Waals surface area contributed by atoms with Gasteiger partial charge in [0.25, 0.3) is 5.69 Å². The zero-order valence-corrected chi connectivity index (χ0v) is 15.5. The first-order valence-corrected chi connectivity index (χ1v) is 8.66. The van der Waals surface area contributed by atoms with E-state index in [4.69, 9.17) is 16.3 Å². The van der Waals surface area contributed by atoms with Gasteiger partial charge in [0.1, 0.15) is 11.6 Å². The lowest BCUT2D eigenvalue weighted by molar-refractivity contribution is -0.384. The van der Waals surface area contributed by atoms with E-state index in [1.54, 1.807) is 18.2 Å². The second-order valence-corrected chi connectivity index (χ2v) is 6.16. The summed E-state index contributed by atoms with van der Waals surface area (Å²) in [7, 11) is 0. The molecule has 0 radical (unpaired) electrons. The molecule has 0 fully saturated rings. The summed E-state index contributed by atoms with van der Waals surface area (Å²) in [6.07, 6.45) is 1.51. The molecule has 2 amide bonds.